The van der Waals surface area contributed by atoms with Gasteiger partial charge in [0.05, 0.1) is 33.5 Å². The molecule has 2 aromatic heterocycles. The number of para-hydroxylation sites is 2. The summed E-state index contributed by atoms with van der Waals surface area (Å²) in [5.41, 5.74) is 10.7. The van der Waals surface area contributed by atoms with Crippen LogP contribution < -0.4 is 0 Å². The van der Waals surface area contributed by atoms with E-state index < -0.39 is 0 Å². The van der Waals surface area contributed by atoms with Crippen molar-refractivity contribution in [2.24, 2.45) is 0 Å². The third kappa shape index (κ3) is 3.69. The third-order valence-electron chi connectivity index (χ3n) is 8.88. The molecule has 0 amide bonds. The Hall–Kier alpha value is -5.80. The summed E-state index contributed by atoms with van der Waals surface area (Å²) in [6.07, 6.45) is 0. The van der Waals surface area contributed by atoms with E-state index in [1.165, 1.54) is 43.8 Å². The Morgan fingerprint density at radius 3 is 1.73 bits per heavy atom. The molecule has 2 heterocycles. The minimum absolute atomic E-state index is 0.918. The van der Waals surface area contributed by atoms with Crippen LogP contribution in [0, 0.1) is 6.92 Å². The molecule has 0 atom stereocenters. The molecule has 0 N–H and O–H groups in total. The topological polar surface area (TPSA) is 30.7 Å². The summed E-state index contributed by atoms with van der Waals surface area (Å²) in [6.45, 7) is 2.07. The van der Waals surface area contributed by atoms with Gasteiger partial charge in [-0.25, -0.2) is 9.97 Å². The van der Waals surface area contributed by atoms with E-state index in [9.17, 15) is 0 Å². The number of aryl methyl sites for hydroxylation is 1. The van der Waals surface area contributed by atoms with Crippen LogP contribution in [0.25, 0.3) is 82.5 Å². The van der Waals surface area contributed by atoms with Crippen LogP contribution in [0.3, 0.4) is 0 Å². The molecule has 0 aliphatic rings. The van der Waals surface area contributed by atoms with Gasteiger partial charge in [0.1, 0.15) is 0 Å². The smallest absolute Gasteiger partial charge is 0.0979 e. The zero-order valence-electron chi connectivity index (χ0n) is 24.2. The molecule has 0 saturated heterocycles. The Morgan fingerprint density at radius 2 is 0.977 bits per heavy atom. The molecule has 3 nitrogen and oxygen atoms in total. The molecule has 0 aliphatic carbocycles. The molecule has 0 aliphatic heterocycles. The molecule has 3 heteroatoms. The van der Waals surface area contributed by atoms with Crippen molar-refractivity contribution in [1.82, 2.24) is 14.5 Å². The van der Waals surface area contributed by atoms with E-state index in [-0.39, 0.29) is 0 Å². The van der Waals surface area contributed by atoms with Gasteiger partial charge in [-0.3, -0.25) is 0 Å². The third-order valence-corrected chi connectivity index (χ3v) is 8.88. The number of hydrogen-bond donors (Lipinski definition) is 0. The van der Waals surface area contributed by atoms with Crippen LogP contribution in [0.2, 0.25) is 0 Å². The number of hydrogen-bond acceptors (Lipinski definition) is 2. The lowest BCUT2D eigenvalue weighted by atomic mass is 9.97. The molecule has 7 aromatic carbocycles. The van der Waals surface area contributed by atoms with Gasteiger partial charge in [0.15, 0.2) is 0 Å². The van der Waals surface area contributed by atoms with Crippen molar-refractivity contribution < 1.29 is 0 Å². The average Bonchev–Trinajstić information content (AvgIpc) is 3.42. The SMILES string of the molecule is Cc1nc2c3ccccc3c3ccccc3c2nc1-c1cccc(-c2ccc3c(c2)c2ccccc2n3-c2ccccc2)c1. The number of rotatable bonds is 3. The van der Waals surface area contributed by atoms with Gasteiger partial charge in [0.2, 0.25) is 0 Å². The monoisotopic (exact) mass is 561 g/mol. The number of nitrogens with zero attached hydrogens (tertiary/aromatic N) is 3. The average molecular weight is 562 g/mol. The van der Waals surface area contributed by atoms with E-state index in [1.807, 2.05) is 0 Å². The Morgan fingerprint density at radius 1 is 0.409 bits per heavy atom. The summed E-state index contributed by atoms with van der Waals surface area (Å²) in [6, 6.07) is 51.8. The maximum absolute atomic E-state index is 5.32. The van der Waals surface area contributed by atoms with E-state index >= 15 is 0 Å². The highest BCUT2D eigenvalue weighted by atomic mass is 15.0. The van der Waals surface area contributed by atoms with Gasteiger partial charge in [0.25, 0.3) is 0 Å². The van der Waals surface area contributed by atoms with Crippen molar-refractivity contribution in [2.75, 3.05) is 0 Å². The lowest BCUT2D eigenvalue weighted by molar-refractivity contribution is 1.18. The lowest BCUT2D eigenvalue weighted by Crippen LogP contribution is -1.97. The van der Waals surface area contributed by atoms with E-state index in [0.717, 1.165) is 44.3 Å². The predicted octanol–water partition coefficient (Wildman–Crippen LogP) is 10.7. The minimum Gasteiger partial charge on any atom is -0.309 e. The summed E-state index contributed by atoms with van der Waals surface area (Å²) < 4.78 is 2.35. The Balaban J connectivity index is 1.23. The van der Waals surface area contributed by atoms with Gasteiger partial charge < -0.3 is 4.57 Å². The highest BCUT2D eigenvalue weighted by Crippen LogP contribution is 2.38. The van der Waals surface area contributed by atoms with Crippen LogP contribution in [-0.2, 0) is 0 Å². The summed E-state index contributed by atoms with van der Waals surface area (Å²) >= 11 is 0. The first-order valence-electron chi connectivity index (χ1n) is 15.0. The van der Waals surface area contributed by atoms with Crippen LogP contribution >= 0.6 is 0 Å². The molecule has 0 radical (unpaired) electrons. The first-order chi connectivity index (χ1) is 21.7. The van der Waals surface area contributed by atoms with Crippen molar-refractivity contribution in [3.05, 3.63) is 151 Å². The largest absolute Gasteiger partial charge is 0.309 e. The Kier molecular flexibility index (Phi) is 5.41. The van der Waals surface area contributed by atoms with Crippen molar-refractivity contribution in [3.8, 4) is 28.1 Å². The predicted molar refractivity (Wildman–Crippen MR) is 184 cm³/mol. The highest BCUT2D eigenvalue weighted by Gasteiger charge is 2.16. The van der Waals surface area contributed by atoms with E-state index in [4.69, 9.17) is 9.97 Å². The maximum atomic E-state index is 5.32. The summed E-state index contributed by atoms with van der Waals surface area (Å²) in [7, 11) is 0. The van der Waals surface area contributed by atoms with E-state index in [0.29, 0.717) is 0 Å². The summed E-state index contributed by atoms with van der Waals surface area (Å²) in [5.74, 6) is 0. The Bertz CT molecular complexity index is 2560. The molecule has 0 fully saturated rings. The molecule has 0 spiro atoms. The first kappa shape index (κ1) is 24.8. The normalized spacial score (nSPS) is 11.8. The van der Waals surface area contributed by atoms with Gasteiger partial charge in [-0.05, 0) is 65.2 Å². The molecule has 44 heavy (non-hydrogen) atoms. The number of fused-ring (bicyclic) bond motifs is 9. The number of aromatic nitrogens is 3. The zero-order chi connectivity index (χ0) is 29.2. The second-order valence-corrected chi connectivity index (χ2v) is 11.4. The van der Waals surface area contributed by atoms with Crippen molar-refractivity contribution in [1.29, 1.82) is 0 Å². The van der Waals surface area contributed by atoms with Gasteiger partial charge in [-0.2, -0.15) is 0 Å². The summed E-state index contributed by atoms with van der Waals surface area (Å²) in [4.78, 5) is 10.5. The van der Waals surface area contributed by atoms with E-state index in [1.54, 1.807) is 0 Å². The van der Waals surface area contributed by atoms with Crippen LogP contribution in [0.1, 0.15) is 5.69 Å². The Labute approximate surface area is 254 Å². The molecule has 206 valence electrons. The molecular formula is C41H27N3. The number of benzene rings is 7. The van der Waals surface area contributed by atoms with E-state index in [2.05, 4.69) is 157 Å². The zero-order valence-corrected chi connectivity index (χ0v) is 24.2. The standard InChI is InChI=1S/C41H27N3/c1-26-39(43-41-35-20-8-6-17-32(35)31-16-5-7-19-34(31)40(41)42-26)29-13-11-12-27(24-29)28-22-23-38-36(25-28)33-18-9-10-21-37(33)44(38)30-14-3-2-4-15-30/h2-25H,1H3. The van der Waals surface area contributed by atoms with Gasteiger partial charge in [-0.15, -0.1) is 0 Å². The van der Waals surface area contributed by atoms with Gasteiger partial charge in [-0.1, -0.05) is 109 Å². The first-order valence-corrected chi connectivity index (χ1v) is 15.0. The lowest BCUT2D eigenvalue weighted by Gasteiger charge is -2.13. The maximum Gasteiger partial charge on any atom is 0.0979 e. The minimum atomic E-state index is 0.918. The molecular weight excluding hydrogens is 534 g/mol. The fraction of sp³-hybridized carbons (Fsp3) is 0.0244. The van der Waals surface area contributed by atoms with Crippen molar-refractivity contribution in [2.45, 2.75) is 6.92 Å². The van der Waals surface area contributed by atoms with Gasteiger partial charge in [0, 0.05) is 32.8 Å². The fourth-order valence-electron chi connectivity index (χ4n) is 6.87. The van der Waals surface area contributed by atoms with Crippen molar-refractivity contribution in [3.63, 3.8) is 0 Å². The van der Waals surface area contributed by atoms with Gasteiger partial charge >= 0.3 is 0 Å². The van der Waals surface area contributed by atoms with Crippen LogP contribution in [0.15, 0.2) is 146 Å². The van der Waals surface area contributed by atoms with Crippen LogP contribution in [-0.4, -0.2) is 14.5 Å². The molecule has 0 unspecified atom stereocenters. The molecule has 0 saturated carbocycles. The molecule has 9 rings (SSSR count). The quantitative estimate of drug-likeness (QED) is 0.201. The summed E-state index contributed by atoms with van der Waals surface area (Å²) in [5, 5.41) is 7.18. The second-order valence-electron chi connectivity index (χ2n) is 11.4. The van der Waals surface area contributed by atoms with Crippen LogP contribution in [0.5, 0.6) is 0 Å². The second kappa shape index (κ2) is 9.62. The van der Waals surface area contributed by atoms with Crippen LogP contribution in [0.4, 0.5) is 0 Å². The molecule has 9 aromatic rings. The highest BCUT2D eigenvalue weighted by molar-refractivity contribution is 6.23. The van der Waals surface area contributed by atoms with Crippen molar-refractivity contribution >= 4 is 54.4 Å². The fourth-order valence-corrected chi connectivity index (χ4v) is 6.87. The molecule has 0 bridgehead atoms.